The lowest BCUT2D eigenvalue weighted by atomic mass is 10.3. The molecule has 2 heteroatoms. The lowest BCUT2D eigenvalue weighted by Gasteiger charge is -2.16. The summed E-state index contributed by atoms with van der Waals surface area (Å²) in [6, 6.07) is 0. The molecular weight excluding hydrogens is 153 g/mol. The minimum Gasteiger partial charge on any atom is -0.372 e. The largest absolute Gasteiger partial charge is 0.372 e. The Labute approximate surface area is 73.9 Å². The van der Waals surface area contributed by atoms with Crippen molar-refractivity contribution in [3.8, 4) is 0 Å². The fraction of sp³-hybridized carbons (Fsp3) is 0.400. The topological polar surface area (TPSA) is 3.24 Å². The normalized spacial score (nSPS) is 10.2. The number of hydrogen-bond acceptors (Lipinski definition) is 1. The van der Waals surface area contributed by atoms with Gasteiger partial charge in [-0.15, -0.1) is 0 Å². The quantitative estimate of drug-likeness (QED) is 0.572. The molecule has 0 radical (unpaired) electrons. The van der Waals surface area contributed by atoms with E-state index in [-0.39, 0.29) is 6.67 Å². The molecule has 0 aromatic heterocycles. The molecule has 0 amide bonds. The predicted octanol–water partition coefficient (Wildman–Crippen LogP) is 2.53. The van der Waals surface area contributed by atoms with E-state index in [1.54, 1.807) is 4.90 Å². The summed E-state index contributed by atoms with van der Waals surface area (Å²) in [4.78, 5) is 1.76. The van der Waals surface area contributed by atoms with Gasteiger partial charge in [0.2, 0.25) is 0 Å². The summed E-state index contributed by atoms with van der Waals surface area (Å²) in [6.45, 7) is 9.43. The third-order valence-corrected chi connectivity index (χ3v) is 1.47. The molecule has 0 unspecified atom stereocenters. The Kier molecular flexibility index (Phi) is 5.09. The van der Waals surface area contributed by atoms with Crippen LogP contribution in [-0.2, 0) is 0 Å². The van der Waals surface area contributed by atoms with E-state index in [2.05, 4.69) is 13.2 Å². The van der Waals surface area contributed by atoms with Crippen molar-refractivity contribution in [2.45, 2.75) is 6.92 Å². The number of hydrogen-bond donors (Lipinski definition) is 0. The monoisotopic (exact) mass is 169 g/mol. The molecule has 0 heterocycles. The lowest BCUT2D eigenvalue weighted by molar-refractivity contribution is 0.359. The van der Waals surface area contributed by atoms with Gasteiger partial charge in [-0.3, -0.25) is 0 Å². The molecule has 0 rings (SSSR count). The maximum atomic E-state index is 11.9. The van der Waals surface area contributed by atoms with E-state index in [0.29, 0.717) is 6.54 Å². The van der Waals surface area contributed by atoms with Gasteiger partial charge in [-0.25, -0.2) is 4.39 Å². The maximum Gasteiger partial charge on any atom is 0.107 e. The van der Waals surface area contributed by atoms with E-state index in [1.165, 1.54) is 0 Å². The first kappa shape index (κ1) is 11.0. The Morgan fingerprint density at radius 1 is 1.42 bits per heavy atom. The second-order valence-corrected chi connectivity index (χ2v) is 2.78. The van der Waals surface area contributed by atoms with Crippen molar-refractivity contribution in [3.63, 3.8) is 0 Å². The van der Waals surface area contributed by atoms with E-state index >= 15 is 0 Å². The van der Waals surface area contributed by atoms with Gasteiger partial charge in [-0.1, -0.05) is 24.8 Å². The minimum atomic E-state index is -0.351. The molecule has 0 atom stereocenters. The van der Waals surface area contributed by atoms with Gasteiger partial charge in [0.1, 0.15) is 6.67 Å². The molecule has 0 bridgehead atoms. The average molecular weight is 169 g/mol. The number of allylic oxidation sites excluding steroid dienone is 3. The van der Waals surface area contributed by atoms with Gasteiger partial charge in [0.05, 0.1) is 0 Å². The van der Waals surface area contributed by atoms with Crippen LogP contribution in [0.15, 0.2) is 36.6 Å². The Hall–Kier alpha value is -1.05. The molecule has 0 aromatic rings. The van der Waals surface area contributed by atoms with Gasteiger partial charge >= 0.3 is 0 Å². The minimum absolute atomic E-state index is 0.351. The SMILES string of the molecule is C=C(C)/C=C\C(=C)N(C)CCF. The second kappa shape index (κ2) is 5.58. The van der Waals surface area contributed by atoms with Crippen molar-refractivity contribution in [1.29, 1.82) is 0 Å². The van der Waals surface area contributed by atoms with Gasteiger partial charge in [-0.2, -0.15) is 0 Å². The molecule has 1 nitrogen and oxygen atoms in total. The summed E-state index contributed by atoms with van der Waals surface area (Å²) in [7, 11) is 1.81. The van der Waals surface area contributed by atoms with E-state index in [1.807, 2.05) is 26.1 Å². The average Bonchev–Trinajstić information content (AvgIpc) is 2.00. The Bertz CT molecular complexity index is 194. The van der Waals surface area contributed by atoms with Crippen molar-refractivity contribution in [3.05, 3.63) is 36.6 Å². The van der Waals surface area contributed by atoms with Crippen LogP contribution in [0.1, 0.15) is 6.92 Å². The van der Waals surface area contributed by atoms with Gasteiger partial charge in [0, 0.05) is 19.3 Å². The van der Waals surface area contributed by atoms with Crippen LogP contribution in [0.3, 0.4) is 0 Å². The third-order valence-electron chi connectivity index (χ3n) is 1.47. The van der Waals surface area contributed by atoms with E-state index in [0.717, 1.165) is 11.3 Å². The van der Waals surface area contributed by atoms with Crippen molar-refractivity contribution < 1.29 is 4.39 Å². The molecule has 0 fully saturated rings. The highest BCUT2D eigenvalue weighted by Crippen LogP contribution is 2.01. The maximum absolute atomic E-state index is 11.9. The Balaban J connectivity index is 3.94. The summed E-state index contributed by atoms with van der Waals surface area (Å²) in [5.74, 6) is 0. The zero-order valence-corrected chi connectivity index (χ0v) is 7.81. The van der Waals surface area contributed by atoms with Crippen LogP contribution < -0.4 is 0 Å². The summed E-state index contributed by atoms with van der Waals surface area (Å²) in [6.07, 6.45) is 3.69. The number of rotatable bonds is 5. The van der Waals surface area contributed by atoms with Crippen LogP contribution >= 0.6 is 0 Å². The first-order valence-electron chi connectivity index (χ1n) is 3.87. The van der Waals surface area contributed by atoms with Gasteiger partial charge in [0.25, 0.3) is 0 Å². The van der Waals surface area contributed by atoms with Crippen LogP contribution in [0.5, 0.6) is 0 Å². The molecule has 0 aliphatic heterocycles. The standard InChI is InChI=1S/C10H16FN/c1-9(2)5-6-10(3)12(4)8-7-11/h5-6H,1,3,7-8H2,2,4H3/b6-5-. The molecule has 12 heavy (non-hydrogen) atoms. The Morgan fingerprint density at radius 2 is 2.00 bits per heavy atom. The molecule has 0 aromatic carbocycles. The predicted molar refractivity (Wildman–Crippen MR) is 51.7 cm³/mol. The van der Waals surface area contributed by atoms with Crippen LogP contribution in [-0.4, -0.2) is 25.2 Å². The third kappa shape index (κ3) is 4.72. The van der Waals surface area contributed by atoms with Crippen molar-refractivity contribution >= 4 is 0 Å². The van der Waals surface area contributed by atoms with Crippen molar-refractivity contribution in [2.24, 2.45) is 0 Å². The van der Waals surface area contributed by atoms with E-state index in [4.69, 9.17) is 0 Å². The molecule has 0 N–H and O–H groups in total. The molecule has 0 saturated carbocycles. The molecule has 0 aliphatic carbocycles. The highest BCUT2D eigenvalue weighted by Gasteiger charge is 1.96. The van der Waals surface area contributed by atoms with Gasteiger partial charge < -0.3 is 4.90 Å². The zero-order chi connectivity index (χ0) is 9.56. The molecule has 0 saturated heterocycles. The number of halogens is 1. The zero-order valence-electron chi connectivity index (χ0n) is 7.81. The summed E-state index contributed by atoms with van der Waals surface area (Å²) >= 11 is 0. The summed E-state index contributed by atoms with van der Waals surface area (Å²) in [5, 5.41) is 0. The van der Waals surface area contributed by atoms with Crippen LogP contribution in [0.2, 0.25) is 0 Å². The number of likely N-dealkylation sites (N-methyl/N-ethyl adjacent to an activating group) is 1. The van der Waals surface area contributed by atoms with E-state index in [9.17, 15) is 4.39 Å². The first-order valence-corrected chi connectivity index (χ1v) is 3.87. The van der Waals surface area contributed by atoms with Crippen LogP contribution in [0.25, 0.3) is 0 Å². The first-order chi connectivity index (χ1) is 5.57. The smallest absolute Gasteiger partial charge is 0.107 e. The second-order valence-electron chi connectivity index (χ2n) is 2.78. The fourth-order valence-electron chi connectivity index (χ4n) is 0.636. The summed E-state index contributed by atoms with van der Waals surface area (Å²) < 4.78 is 11.9. The van der Waals surface area contributed by atoms with Crippen LogP contribution in [0, 0.1) is 0 Å². The summed E-state index contributed by atoms with van der Waals surface area (Å²) in [5.41, 5.74) is 1.76. The van der Waals surface area contributed by atoms with Crippen LogP contribution in [0.4, 0.5) is 4.39 Å². The highest BCUT2D eigenvalue weighted by atomic mass is 19.1. The molecule has 0 spiro atoms. The lowest BCUT2D eigenvalue weighted by Crippen LogP contribution is -2.18. The van der Waals surface area contributed by atoms with Gasteiger partial charge in [-0.05, 0) is 13.0 Å². The number of alkyl halides is 1. The Morgan fingerprint density at radius 3 is 2.42 bits per heavy atom. The van der Waals surface area contributed by atoms with Gasteiger partial charge in [0.15, 0.2) is 0 Å². The van der Waals surface area contributed by atoms with Crippen molar-refractivity contribution in [2.75, 3.05) is 20.3 Å². The van der Waals surface area contributed by atoms with Crippen molar-refractivity contribution in [1.82, 2.24) is 4.90 Å². The molecular formula is C10H16FN. The highest BCUT2D eigenvalue weighted by molar-refractivity contribution is 5.21. The molecule has 68 valence electrons. The molecule has 0 aliphatic rings. The van der Waals surface area contributed by atoms with E-state index < -0.39 is 0 Å². The fourth-order valence-corrected chi connectivity index (χ4v) is 0.636. The number of nitrogens with zero attached hydrogens (tertiary/aromatic N) is 1.